The monoisotopic (exact) mass is 526 g/mol. The smallest absolute Gasteiger partial charge is 0.239 e. The van der Waals surface area contributed by atoms with Crippen molar-refractivity contribution in [3.63, 3.8) is 0 Å². The van der Waals surface area contributed by atoms with Gasteiger partial charge in [0.15, 0.2) is 5.96 Å². The molecule has 7 nitrogen and oxygen atoms in total. The molecule has 30 heavy (non-hydrogen) atoms. The number of aryl methyl sites for hydroxylation is 1. The molecule has 0 bridgehead atoms. The summed E-state index contributed by atoms with van der Waals surface area (Å²) in [6, 6.07) is 13.7. The second-order valence-electron chi connectivity index (χ2n) is 6.54. The minimum absolute atomic E-state index is 0. The summed E-state index contributed by atoms with van der Waals surface area (Å²) in [6.45, 7) is 3.33. The van der Waals surface area contributed by atoms with Gasteiger partial charge in [-0.25, -0.2) is 0 Å². The predicted molar refractivity (Wildman–Crippen MR) is 131 cm³/mol. The Hall–Kier alpha value is -2.49. The third-order valence-corrected chi connectivity index (χ3v) is 4.41. The van der Waals surface area contributed by atoms with Crippen LogP contribution in [0.4, 0.5) is 0 Å². The van der Waals surface area contributed by atoms with E-state index >= 15 is 0 Å². The highest BCUT2D eigenvalue weighted by Crippen LogP contribution is 2.19. The van der Waals surface area contributed by atoms with E-state index in [0.717, 1.165) is 29.0 Å². The van der Waals surface area contributed by atoms with Crippen LogP contribution in [0.1, 0.15) is 16.7 Å². The number of ether oxygens (including phenoxy) is 2. The number of carbonyl (C=O) groups excluding carboxylic acids is 1. The molecular formula is C22H31IN4O3. The summed E-state index contributed by atoms with van der Waals surface area (Å²) >= 11 is 0. The van der Waals surface area contributed by atoms with Gasteiger partial charge < -0.3 is 25.4 Å². The Bertz CT molecular complexity index is 826. The molecule has 1 amide bonds. The number of amides is 1. The molecule has 0 aromatic heterocycles. The molecule has 0 unspecified atom stereocenters. The van der Waals surface area contributed by atoms with E-state index in [9.17, 15) is 4.79 Å². The zero-order chi connectivity index (χ0) is 21.1. The number of nitrogens with one attached hydrogen (secondary N) is 3. The van der Waals surface area contributed by atoms with E-state index in [4.69, 9.17) is 9.47 Å². The van der Waals surface area contributed by atoms with Crippen molar-refractivity contribution in [2.24, 2.45) is 4.99 Å². The number of benzene rings is 2. The molecule has 0 saturated carbocycles. The Balaban J connectivity index is 0.00000450. The topological polar surface area (TPSA) is 84.0 Å². The van der Waals surface area contributed by atoms with Gasteiger partial charge in [-0.15, -0.1) is 24.0 Å². The minimum Gasteiger partial charge on any atom is -0.497 e. The van der Waals surface area contributed by atoms with Gasteiger partial charge in [-0.05, 0) is 42.7 Å². The van der Waals surface area contributed by atoms with Crippen LogP contribution in [0.25, 0.3) is 0 Å². The van der Waals surface area contributed by atoms with E-state index in [2.05, 4.69) is 33.9 Å². The average molecular weight is 526 g/mol. The lowest BCUT2D eigenvalue weighted by Crippen LogP contribution is -2.43. The van der Waals surface area contributed by atoms with E-state index in [1.807, 2.05) is 36.4 Å². The maximum atomic E-state index is 12.1. The maximum absolute atomic E-state index is 12.1. The molecule has 0 aliphatic heterocycles. The fourth-order valence-corrected chi connectivity index (χ4v) is 2.81. The highest BCUT2D eigenvalue weighted by Gasteiger charge is 2.06. The quantitative estimate of drug-likeness (QED) is 0.266. The van der Waals surface area contributed by atoms with Crippen LogP contribution < -0.4 is 25.4 Å². The van der Waals surface area contributed by atoms with Crippen LogP contribution >= 0.6 is 24.0 Å². The van der Waals surface area contributed by atoms with Crippen LogP contribution in [0.2, 0.25) is 0 Å². The Labute approximate surface area is 195 Å². The fourth-order valence-electron chi connectivity index (χ4n) is 2.81. The van der Waals surface area contributed by atoms with E-state index < -0.39 is 0 Å². The first kappa shape index (κ1) is 25.5. The molecule has 2 aromatic carbocycles. The molecule has 0 spiro atoms. The summed E-state index contributed by atoms with van der Waals surface area (Å²) < 4.78 is 10.5. The number of hydrogen-bond acceptors (Lipinski definition) is 4. The number of rotatable bonds is 9. The van der Waals surface area contributed by atoms with Gasteiger partial charge in [-0.2, -0.15) is 0 Å². The molecule has 0 aliphatic carbocycles. The predicted octanol–water partition coefficient (Wildman–Crippen LogP) is 2.65. The zero-order valence-electron chi connectivity index (χ0n) is 18.0. The van der Waals surface area contributed by atoms with Gasteiger partial charge in [-0.1, -0.05) is 29.8 Å². The summed E-state index contributed by atoms with van der Waals surface area (Å²) in [5.74, 6) is 2.14. The lowest BCUT2D eigenvalue weighted by Gasteiger charge is -2.13. The van der Waals surface area contributed by atoms with Crippen molar-refractivity contribution in [2.75, 3.05) is 34.4 Å². The normalized spacial score (nSPS) is 10.6. The molecule has 0 heterocycles. The van der Waals surface area contributed by atoms with Crippen molar-refractivity contribution in [1.29, 1.82) is 0 Å². The second kappa shape index (κ2) is 13.7. The molecule has 0 saturated heterocycles. The van der Waals surface area contributed by atoms with Crippen LogP contribution in [0.15, 0.2) is 47.5 Å². The molecular weight excluding hydrogens is 495 g/mol. The zero-order valence-corrected chi connectivity index (χ0v) is 20.3. The molecule has 0 aliphatic rings. The van der Waals surface area contributed by atoms with E-state index in [0.29, 0.717) is 19.0 Å². The molecule has 0 atom stereocenters. The first-order valence-electron chi connectivity index (χ1n) is 9.53. The van der Waals surface area contributed by atoms with Gasteiger partial charge in [0.25, 0.3) is 0 Å². The Morgan fingerprint density at radius 3 is 2.37 bits per heavy atom. The van der Waals surface area contributed by atoms with Crippen molar-refractivity contribution >= 4 is 35.8 Å². The molecule has 0 fully saturated rings. The highest BCUT2D eigenvalue weighted by atomic mass is 127. The Morgan fingerprint density at radius 1 is 1.00 bits per heavy atom. The molecule has 8 heteroatoms. The van der Waals surface area contributed by atoms with Crippen molar-refractivity contribution in [1.82, 2.24) is 16.0 Å². The highest BCUT2D eigenvalue weighted by molar-refractivity contribution is 14.0. The lowest BCUT2D eigenvalue weighted by molar-refractivity contribution is -0.120. The van der Waals surface area contributed by atoms with E-state index in [1.165, 1.54) is 5.56 Å². The van der Waals surface area contributed by atoms with Crippen LogP contribution in [0, 0.1) is 6.92 Å². The molecule has 0 radical (unpaired) electrons. The number of nitrogens with zero attached hydrogens (tertiary/aromatic N) is 1. The fraction of sp³-hybridized carbons (Fsp3) is 0.364. The number of aliphatic imine (C=N–C) groups is 1. The van der Waals surface area contributed by atoms with Gasteiger partial charge in [0, 0.05) is 20.1 Å². The summed E-state index contributed by atoms with van der Waals surface area (Å²) in [6.07, 6.45) is 0.787. The third kappa shape index (κ3) is 8.48. The van der Waals surface area contributed by atoms with Crippen molar-refractivity contribution in [3.8, 4) is 11.5 Å². The Kier molecular flexibility index (Phi) is 11.7. The first-order valence-corrected chi connectivity index (χ1v) is 9.53. The summed E-state index contributed by atoms with van der Waals surface area (Å²) in [5, 5.41) is 9.12. The number of hydrogen-bond donors (Lipinski definition) is 3. The molecule has 2 aromatic rings. The van der Waals surface area contributed by atoms with Crippen LogP contribution in [-0.4, -0.2) is 46.2 Å². The van der Waals surface area contributed by atoms with E-state index in [-0.39, 0.29) is 36.4 Å². The first-order chi connectivity index (χ1) is 14.0. The standard InChI is InChI=1S/C22H30N4O3.HI/c1-16-5-10-20(29-4)18(13-16)11-12-24-22(23-2)26-15-21(27)25-14-17-6-8-19(28-3)9-7-17;/h5-10,13H,11-12,14-15H2,1-4H3,(H,25,27)(H2,23,24,26);1H. The van der Waals surface area contributed by atoms with Gasteiger partial charge in [-0.3, -0.25) is 9.79 Å². The molecule has 2 rings (SSSR count). The van der Waals surface area contributed by atoms with Crippen molar-refractivity contribution in [3.05, 3.63) is 59.2 Å². The van der Waals surface area contributed by atoms with Crippen LogP contribution in [0.3, 0.4) is 0 Å². The Morgan fingerprint density at radius 2 is 1.73 bits per heavy atom. The average Bonchev–Trinajstić information content (AvgIpc) is 2.75. The van der Waals surface area contributed by atoms with E-state index in [1.54, 1.807) is 21.3 Å². The maximum Gasteiger partial charge on any atom is 0.239 e. The summed E-state index contributed by atoms with van der Waals surface area (Å²) in [5.41, 5.74) is 3.33. The minimum atomic E-state index is -0.107. The number of guanidine groups is 1. The number of halogens is 1. The summed E-state index contributed by atoms with van der Waals surface area (Å²) in [7, 11) is 4.98. The van der Waals surface area contributed by atoms with Crippen molar-refractivity contribution in [2.45, 2.75) is 19.9 Å². The molecule has 3 N–H and O–H groups in total. The summed E-state index contributed by atoms with van der Waals surface area (Å²) in [4.78, 5) is 16.2. The number of carbonyl (C=O) groups is 1. The number of methoxy groups -OCH3 is 2. The van der Waals surface area contributed by atoms with Gasteiger partial charge in [0.05, 0.1) is 20.8 Å². The lowest BCUT2D eigenvalue weighted by atomic mass is 10.1. The SMILES string of the molecule is CN=C(NCCc1cc(C)ccc1OC)NCC(=O)NCc1ccc(OC)cc1.I. The molecule has 164 valence electrons. The van der Waals surface area contributed by atoms with Crippen LogP contribution in [0.5, 0.6) is 11.5 Å². The van der Waals surface area contributed by atoms with Crippen molar-refractivity contribution < 1.29 is 14.3 Å². The van der Waals surface area contributed by atoms with Gasteiger partial charge >= 0.3 is 0 Å². The third-order valence-electron chi connectivity index (χ3n) is 4.41. The largest absolute Gasteiger partial charge is 0.497 e. The van der Waals surface area contributed by atoms with Gasteiger partial charge in [0.1, 0.15) is 11.5 Å². The van der Waals surface area contributed by atoms with Crippen LogP contribution in [-0.2, 0) is 17.8 Å². The van der Waals surface area contributed by atoms with Gasteiger partial charge in [0.2, 0.25) is 5.91 Å². The second-order valence-corrected chi connectivity index (χ2v) is 6.54.